The zero-order chi connectivity index (χ0) is 13.3. The number of nitrogens with zero attached hydrogens (tertiary/aromatic N) is 2. The van der Waals surface area contributed by atoms with Crippen LogP contribution in [0.1, 0.15) is 20.8 Å². The summed E-state index contributed by atoms with van der Waals surface area (Å²) in [5.41, 5.74) is 6.49. The highest BCUT2D eigenvalue weighted by atomic mass is 19.1. The summed E-state index contributed by atoms with van der Waals surface area (Å²) in [5.74, 6) is -0.0463. The van der Waals surface area contributed by atoms with Crippen molar-refractivity contribution in [2.45, 2.75) is 32.9 Å². The molecule has 0 bridgehead atoms. The molecule has 1 heterocycles. The zero-order valence-corrected chi connectivity index (χ0v) is 10.9. The third kappa shape index (κ3) is 2.31. The van der Waals surface area contributed by atoms with E-state index in [-0.39, 0.29) is 11.4 Å². The number of nitrogens with two attached hydrogens (primary N) is 1. The molecule has 0 amide bonds. The van der Waals surface area contributed by atoms with E-state index in [0.29, 0.717) is 30.1 Å². The Labute approximate surface area is 106 Å². The number of hydrogen-bond donors (Lipinski definition) is 1. The maximum atomic E-state index is 13.6. The number of benzene rings is 1. The van der Waals surface area contributed by atoms with Gasteiger partial charge in [-0.1, -0.05) is 6.07 Å². The minimum absolute atomic E-state index is 0.308. The molecule has 0 atom stereocenters. The normalized spacial score (nSPS) is 12.2. The van der Waals surface area contributed by atoms with Gasteiger partial charge in [-0.2, -0.15) is 0 Å². The fourth-order valence-corrected chi connectivity index (χ4v) is 2.11. The quantitative estimate of drug-likeness (QED) is 0.908. The van der Waals surface area contributed by atoms with E-state index < -0.39 is 0 Å². The van der Waals surface area contributed by atoms with Crippen molar-refractivity contribution in [1.82, 2.24) is 9.55 Å². The number of nitrogen functional groups attached to an aromatic ring is 1. The van der Waals surface area contributed by atoms with Crippen molar-refractivity contribution in [3.63, 3.8) is 0 Å². The molecular weight excluding hydrogens is 233 g/mol. The Kier molecular flexibility index (Phi) is 3.26. The van der Waals surface area contributed by atoms with Crippen LogP contribution in [0.2, 0.25) is 0 Å². The van der Waals surface area contributed by atoms with E-state index in [1.807, 2.05) is 26.8 Å². The Morgan fingerprint density at radius 2 is 2.17 bits per heavy atom. The van der Waals surface area contributed by atoms with Gasteiger partial charge in [0.1, 0.15) is 5.52 Å². The first-order valence-corrected chi connectivity index (χ1v) is 5.99. The van der Waals surface area contributed by atoms with Crippen LogP contribution in [0.5, 0.6) is 0 Å². The van der Waals surface area contributed by atoms with Gasteiger partial charge in [0, 0.05) is 6.61 Å². The first-order chi connectivity index (χ1) is 8.44. The highest BCUT2D eigenvalue weighted by Crippen LogP contribution is 2.23. The standard InChI is InChI=1S/C13H18FN3O/c1-4-18-13(2,3)8-17-10-7-5-6-9(14)11(10)16-12(17)15/h5-7H,4,8H2,1-3H3,(H2,15,16). The molecule has 0 fully saturated rings. The van der Waals surface area contributed by atoms with Crippen LogP contribution in [0.15, 0.2) is 18.2 Å². The summed E-state index contributed by atoms with van der Waals surface area (Å²) >= 11 is 0. The molecule has 5 heteroatoms. The molecule has 1 aromatic heterocycles. The van der Waals surface area contributed by atoms with Crippen molar-refractivity contribution in [2.75, 3.05) is 12.3 Å². The second-order valence-corrected chi connectivity index (χ2v) is 4.86. The van der Waals surface area contributed by atoms with Crippen LogP contribution in [0.4, 0.5) is 10.3 Å². The lowest BCUT2D eigenvalue weighted by Crippen LogP contribution is -2.31. The summed E-state index contributed by atoms with van der Waals surface area (Å²) in [6.45, 7) is 7.04. The van der Waals surface area contributed by atoms with Gasteiger partial charge in [0.15, 0.2) is 5.82 Å². The Balaban J connectivity index is 2.45. The zero-order valence-electron chi connectivity index (χ0n) is 10.9. The maximum Gasteiger partial charge on any atom is 0.201 e. The largest absolute Gasteiger partial charge is 0.374 e. The van der Waals surface area contributed by atoms with Crippen LogP contribution >= 0.6 is 0 Å². The lowest BCUT2D eigenvalue weighted by Gasteiger charge is -2.25. The lowest BCUT2D eigenvalue weighted by molar-refractivity contribution is -0.0212. The Hall–Kier alpha value is -1.62. The van der Waals surface area contributed by atoms with Gasteiger partial charge in [0.2, 0.25) is 5.95 Å². The molecule has 0 radical (unpaired) electrons. The minimum Gasteiger partial charge on any atom is -0.374 e. The Bertz CT molecular complexity index is 563. The first kappa shape index (κ1) is 12.8. The maximum absolute atomic E-state index is 13.6. The van der Waals surface area contributed by atoms with Crippen molar-refractivity contribution in [2.24, 2.45) is 0 Å². The highest BCUT2D eigenvalue weighted by Gasteiger charge is 2.22. The van der Waals surface area contributed by atoms with Crippen LogP contribution < -0.4 is 5.73 Å². The number of halogens is 1. The molecule has 0 saturated heterocycles. The number of aromatic nitrogens is 2. The van der Waals surface area contributed by atoms with Crippen molar-refractivity contribution >= 4 is 17.0 Å². The van der Waals surface area contributed by atoms with E-state index >= 15 is 0 Å². The van der Waals surface area contributed by atoms with E-state index in [2.05, 4.69) is 4.98 Å². The number of fused-ring (bicyclic) bond motifs is 1. The number of hydrogen-bond acceptors (Lipinski definition) is 3. The van der Waals surface area contributed by atoms with E-state index in [4.69, 9.17) is 10.5 Å². The van der Waals surface area contributed by atoms with Gasteiger partial charge in [-0.15, -0.1) is 0 Å². The third-order valence-electron chi connectivity index (χ3n) is 2.83. The highest BCUT2D eigenvalue weighted by molar-refractivity contribution is 5.78. The monoisotopic (exact) mass is 251 g/mol. The predicted molar refractivity (Wildman–Crippen MR) is 69.8 cm³/mol. The summed E-state index contributed by atoms with van der Waals surface area (Å²) in [6, 6.07) is 4.85. The van der Waals surface area contributed by atoms with E-state index in [1.54, 1.807) is 10.6 Å². The summed E-state index contributed by atoms with van der Waals surface area (Å²) in [6.07, 6.45) is 0. The Morgan fingerprint density at radius 3 is 2.83 bits per heavy atom. The molecule has 18 heavy (non-hydrogen) atoms. The molecule has 2 rings (SSSR count). The van der Waals surface area contributed by atoms with Gasteiger partial charge in [-0.3, -0.25) is 0 Å². The molecule has 0 aliphatic rings. The average Bonchev–Trinajstić information content (AvgIpc) is 2.57. The van der Waals surface area contributed by atoms with Gasteiger partial charge in [0.25, 0.3) is 0 Å². The molecule has 2 N–H and O–H groups in total. The third-order valence-corrected chi connectivity index (χ3v) is 2.83. The number of anilines is 1. The molecule has 0 spiro atoms. The van der Waals surface area contributed by atoms with Gasteiger partial charge in [-0.25, -0.2) is 9.37 Å². The smallest absolute Gasteiger partial charge is 0.201 e. The van der Waals surface area contributed by atoms with Crippen LogP contribution in [0, 0.1) is 5.82 Å². The molecule has 0 aliphatic heterocycles. The second-order valence-electron chi connectivity index (χ2n) is 4.86. The van der Waals surface area contributed by atoms with E-state index in [0.717, 1.165) is 0 Å². The van der Waals surface area contributed by atoms with E-state index in [1.165, 1.54) is 6.07 Å². The van der Waals surface area contributed by atoms with Gasteiger partial charge in [-0.05, 0) is 32.9 Å². The number of imidazole rings is 1. The lowest BCUT2D eigenvalue weighted by atomic mass is 10.1. The fraction of sp³-hybridized carbons (Fsp3) is 0.462. The van der Waals surface area contributed by atoms with Crippen LogP contribution in [-0.2, 0) is 11.3 Å². The van der Waals surface area contributed by atoms with Gasteiger partial charge >= 0.3 is 0 Å². The predicted octanol–water partition coefficient (Wildman–Crippen LogP) is 2.57. The van der Waals surface area contributed by atoms with Gasteiger partial charge in [0.05, 0.1) is 17.7 Å². The Morgan fingerprint density at radius 1 is 1.44 bits per heavy atom. The first-order valence-electron chi connectivity index (χ1n) is 5.99. The topological polar surface area (TPSA) is 53.1 Å². The van der Waals surface area contributed by atoms with Crippen molar-refractivity contribution in [1.29, 1.82) is 0 Å². The molecule has 0 aliphatic carbocycles. The molecule has 98 valence electrons. The SMILES string of the molecule is CCOC(C)(C)Cn1c(N)nc2c(F)cccc21. The van der Waals surface area contributed by atoms with Crippen LogP contribution in [0.3, 0.4) is 0 Å². The second kappa shape index (κ2) is 4.57. The van der Waals surface area contributed by atoms with Gasteiger partial charge < -0.3 is 15.0 Å². The van der Waals surface area contributed by atoms with E-state index in [9.17, 15) is 4.39 Å². The van der Waals surface area contributed by atoms with Crippen molar-refractivity contribution in [3.8, 4) is 0 Å². The van der Waals surface area contributed by atoms with Crippen LogP contribution in [-0.4, -0.2) is 21.8 Å². The van der Waals surface area contributed by atoms with Crippen molar-refractivity contribution in [3.05, 3.63) is 24.0 Å². The molecule has 4 nitrogen and oxygen atoms in total. The summed E-state index contributed by atoms with van der Waals surface area (Å²) < 4.78 is 21.0. The average molecular weight is 251 g/mol. The summed E-state index contributed by atoms with van der Waals surface area (Å²) in [7, 11) is 0. The molecule has 2 aromatic rings. The van der Waals surface area contributed by atoms with Crippen molar-refractivity contribution < 1.29 is 9.13 Å². The number of ether oxygens (including phenoxy) is 1. The molecule has 0 unspecified atom stereocenters. The minimum atomic E-state index is -0.372. The number of rotatable bonds is 4. The molecule has 1 aromatic carbocycles. The number of para-hydroxylation sites is 1. The van der Waals surface area contributed by atoms with Crippen LogP contribution in [0.25, 0.3) is 11.0 Å². The summed E-state index contributed by atoms with van der Waals surface area (Å²) in [4.78, 5) is 4.07. The fourth-order valence-electron chi connectivity index (χ4n) is 2.11. The molecular formula is C13H18FN3O. The molecule has 0 saturated carbocycles. The summed E-state index contributed by atoms with van der Waals surface area (Å²) in [5, 5.41) is 0.